The summed E-state index contributed by atoms with van der Waals surface area (Å²) < 4.78 is 0. The van der Waals surface area contributed by atoms with Gasteiger partial charge >= 0.3 is 0 Å². The van der Waals surface area contributed by atoms with Crippen molar-refractivity contribution in [2.75, 3.05) is 13.6 Å². The fourth-order valence-electron chi connectivity index (χ4n) is 0.779. The zero-order valence-corrected chi connectivity index (χ0v) is 6.37. The molecule has 0 spiro atoms. The predicted octanol–water partition coefficient (Wildman–Crippen LogP) is 1.12. The zero-order valence-electron chi connectivity index (χ0n) is 6.37. The number of likely N-dealkylation sites (N-methyl/N-ethyl adjacent to an activating group) is 1. The molecule has 0 aliphatic carbocycles. The lowest BCUT2D eigenvalue weighted by molar-refractivity contribution is 0.0989. The minimum atomic E-state index is 0. The van der Waals surface area contributed by atoms with Gasteiger partial charge in [0.1, 0.15) is 5.69 Å². The molecule has 3 heteroatoms. The normalized spacial score (nSPS) is 8.75. The molecule has 0 unspecified atom stereocenters. The number of Topliss-reactive ketones (excluding diaryl/α,β-unsaturated/α-hetero) is 1. The van der Waals surface area contributed by atoms with E-state index in [0.29, 0.717) is 12.2 Å². The van der Waals surface area contributed by atoms with Crippen LogP contribution >= 0.6 is 0 Å². The highest BCUT2D eigenvalue weighted by atomic mass is 16.1. The molecule has 66 valence electrons. The number of ketones is 1. The van der Waals surface area contributed by atoms with Crippen LogP contribution in [0.2, 0.25) is 0 Å². The van der Waals surface area contributed by atoms with Gasteiger partial charge in [-0.05, 0) is 19.2 Å². The highest BCUT2D eigenvalue weighted by Crippen LogP contribution is 1.92. The molecule has 0 aliphatic heterocycles. The van der Waals surface area contributed by atoms with Crippen molar-refractivity contribution in [3.63, 3.8) is 0 Å². The SMILES string of the molecule is C.CNCC(=O)c1ccccn1. The molecule has 0 radical (unpaired) electrons. The van der Waals surface area contributed by atoms with Gasteiger partial charge in [-0.25, -0.2) is 0 Å². The molecule has 0 atom stereocenters. The smallest absolute Gasteiger partial charge is 0.194 e. The van der Waals surface area contributed by atoms with Crippen molar-refractivity contribution < 1.29 is 4.79 Å². The van der Waals surface area contributed by atoms with Gasteiger partial charge in [0.15, 0.2) is 5.78 Å². The molecule has 1 rings (SSSR count). The van der Waals surface area contributed by atoms with Crippen molar-refractivity contribution >= 4 is 5.78 Å². The van der Waals surface area contributed by atoms with Crippen LogP contribution in [0.1, 0.15) is 17.9 Å². The number of rotatable bonds is 3. The Labute approximate surface area is 72.8 Å². The molecule has 12 heavy (non-hydrogen) atoms. The highest BCUT2D eigenvalue weighted by molar-refractivity contribution is 5.95. The fraction of sp³-hybridized carbons (Fsp3) is 0.333. The Morgan fingerprint density at radius 1 is 1.58 bits per heavy atom. The molecular weight excluding hydrogens is 152 g/mol. The van der Waals surface area contributed by atoms with E-state index in [2.05, 4.69) is 10.3 Å². The van der Waals surface area contributed by atoms with Crippen LogP contribution in [0.15, 0.2) is 24.4 Å². The van der Waals surface area contributed by atoms with E-state index in [1.54, 1.807) is 31.4 Å². The number of carbonyl (C=O) groups excluding carboxylic acids is 1. The third kappa shape index (κ3) is 2.80. The summed E-state index contributed by atoms with van der Waals surface area (Å²) in [6, 6.07) is 5.30. The number of hydrogen-bond acceptors (Lipinski definition) is 3. The summed E-state index contributed by atoms with van der Waals surface area (Å²) in [7, 11) is 1.74. The van der Waals surface area contributed by atoms with Crippen molar-refractivity contribution in [2.45, 2.75) is 7.43 Å². The summed E-state index contributed by atoms with van der Waals surface area (Å²) in [5.74, 6) is 0.0214. The van der Waals surface area contributed by atoms with Crippen molar-refractivity contribution in [2.24, 2.45) is 0 Å². The van der Waals surface area contributed by atoms with Crippen LogP contribution in [-0.4, -0.2) is 24.4 Å². The minimum Gasteiger partial charge on any atom is -0.313 e. The summed E-state index contributed by atoms with van der Waals surface area (Å²) >= 11 is 0. The second-order valence-corrected chi connectivity index (χ2v) is 2.17. The molecule has 0 amide bonds. The van der Waals surface area contributed by atoms with E-state index in [0.717, 1.165) is 0 Å². The van der Waals surface area contributed by atoms with Crippen molar-refractivity contribution in [1.82, 2.24) is 10.3 Å². The number of hydrogen-bond donors (Lipinski definition) is 1. The van der Waals surface area contributed by atoms with Gasteiger partial charge in [-0.3, -0.25) is 9.78 Å². The zero-order chi connectivity index (χ0) is 8.10. The van der Waals surface area contributed by atoms with Gasteiger partial charge in [0.05, 0.1) is 6.54 Å². The first-order valence-corrected chi connectivity index (χ1v) is 3.43. The molecule has 0 bridgehead atoms. The summed E-state index contributed by atoms with van der Waals surface area (Å²) in [5, 5.41) is 2.78. The van der Waals surface area contributed by atoms with Crippen LogP contribution in [0, 0.1) is 0 Å². The monoisotopic (exact) mass is 166 g/mol. The van der Waals surface area contributed by atoms with Crippen LogP contribution in [0.3, 0.4) is 0 Å². The van der Waals surface area contributed by atoms with E-state index in [-0.39, 0.29) is 13.2 Å². The van der Waals surface area contributed by atoms with Crippen LogP contribution < -0.4 is 5.32 Å². The number of nitrogens with zero attached hydrogens (tertiary/aromatic N) is 1. The third-order valence-corrected chi connectivity index (χ3v) is 1.29. The number of pyridine rings is 1. The number of aromatic nitrogens is 1. The molecule has 0 aromatic carbocycles. The first-order chi connectivity index (χ1) is 5.34. The maximum absolute atomic E-state index is 11.1. The highest BCUT2D eigenvalue weighted by Gasteiger charge is 2.02. The van der Waals surface area contributed by atoms with Gasteiger partial charge in [0.25, 0.3) is 0 Å². The molecule has 0 fully saturated rings. The van der Waals surface area contributed by atoms with Crippen LogP contribution in [0.4, 0.5) is 0 Å². The van der Waals surface area contributed by atoms with Gasteiger partial charge in [-0.2, -0.15) is 0 Å². The van der Waals surface area contributed by atoms with Crippen molar-refractivity contribution in [1.29, 1.82) is 0 Å². The van der Waals surface area contributed by atoms with E-state index < -0.39 is 0 Å². The Hall–Kier alpha value is -1.22. The molecule has 0 aliphatic rings. The number of nitrogens with one attached hydrogen (secondary N) is 1. The second-order valence-electron chi connectivity index (χ2n) is 2.17. The maximum Gasteiger partial charge on any atom is 0.194 e. The Morgan fingerprint density at radius 2 is 2.33 bits per heavy atom. The summed E-state index contributed by atoms with van der Waals surface area (Å²) in [6.07, 6.45) is 1.61. The average Bonchev–Trinajstić information content (AvgIpc) is 2.07. The third-order valence-electron chi connectivity index (χ3n) is 1.29. The van der Waals surface area contributed by atoms with E-state index >= 15 is 0 Å². The van der Waals surface area contributed by atoms with Gasteiger partial charge in [-0.15, -0.1) is 0 Å². The first-order valence-electron chi connectivity index (χ1n) is 3.43. The van der Waals surface area contributed by atoms with E-state index in [1.807, 2.05) is 0 Å². The minimum absolute atomic E-state index is 0. The van der Waals surface area contributed by atoms with Gasteiger partial charge < -0.3 is 5.32 Å². The Balaban J connectivity index is 0.00000121. The summed E-state index contributed by atoms with van der Waals surface area (Å²) in [5.41, 5.74) is 0.516. The van der Waals surface area contributed by atoms with Gasteiger partial charge in [0.2, 0.25) is 0 Å². The van der Waals surface area contributed by atoms with Crippen LogP contribution in [0.5, 0.6) is 0 Å². The lowest BCUT2D eigenvalue weighted by atomic mass is 10.2. The van der Waals surface area contributed by atoms with E-state index in [1.165, 1.54) is 0 Å². The maximum atomic E-state index is 11.1. The Morgan fingerprint density at radius 3 is 2.83 bits per heavy atom. The Kier molecular flexibility index (Phi) is 4.88. The molecule has 0 saturated heterocycles. The van der Waals surface area contributed by atoms with E-state index in [4.69, 9.17) is 0 Å². The Bertz CT molecular complexity index is 234. The molecule has 1 aromatic rings. The fourth-order valence-corrected chi connectivity index (χ4v) is 0.779. The molecule has 3 nitrogen and oxygen atoms in total. The molecule has 0 saturated carbocycles. The van der Waals surface area contributed by atoms with Gasteiger partial charge in [-0.1, -0.05) is 13.5 Å². The molecule has 1 heterocycles. The predicted molar refractivity (Wildman–Crippen MR) is 49.2 cm³/mol. The molecule has 1 N–H and O–H groups in total. The first kappa shape index (κ1) is 10.8. The topological polar surface area (TPSA) is 42.0 Å². The van der Waals surface area contributed by atoms with Crippen molar-refractivity contribution in [3.8, 4) is 0 Å². The lowest BCUT2D eigenvalue weighted by Gasteiger charge is -1.96. The molecular formula is C9H14N2O. The van der Waals surface area contributed by atoms with E-state index in [9.17, 15) is 4.79 Å². The standard InChI is InChI=1S/C8H10N2O.CH4/c1-9-6-8(11)7-4-2-3-5-10-7;/h2-5,9H,6H2,1H3;1H4. The van der Waals surface area contributed by atoms with Crippen LogP contribution in [-0.2, 0) is 0 Å². The average molecular weight is 166 g/mol. The summed E-state index contributed by atoms with van der Waals surface area (Å²) in [6.45, 7) is 0.344. The largest absolute Gasteiger partial charge is 0.313 e. The van der Waals surface area contributed by atoms with Gasteiger partial charge in [0, 0.05) is 6.20 Å². The van der Waals surface area contributed by atoms with Crippen molar-refractivity contribution in [3.05, 3.63) is 30.1 Å². The summed E-state index contributed by atoms with van der Waals surface area (Å²) in [4.78, 5) is 15.0. The number of carbonyl (C=O) groups is 1. The second kappa shape index (κ2) is 5.43. The molecule has 1 aromatic heterocycles. The van der Waals surface area contributed by atoms with Crippen LogP contribution in [0.25, 0.3) is 0 Å². The quantitative estimate of drug-likeness (QED) is 0.684. The lowest BCUT2D eigenvalue weighted by Crippen LogP contribution is -2.19.